The molecular weight excluding hydrogens is 266 g/mol. The topological polar surface area (TPSA) is 49.3 Å². The van der Waals surface area contributed by atoms with Crippen LogP contribution in [0, 0.1) is 11.8 Å². The van der Waals surface area contributed by atoms with Crippen LogP contribution >= 0.6 is 23.1 Å². The number of amides is 1. The van der Waals surface area contributed by atoms with Crippen molar-refractivity contribution >= 4 is 29.0 Å². The van der Waals surface area contributed by atoms with E-state index in [9.17, 15) is 4.79 Å². The third-order valence-corrected chi connectivity index (χ3v) is 5.03. The normalized spacial score (nSPS) is 18.2. The van der Waals surface area contributed by atoms with E-state index in [0.717, 1.165) is 11.4 Å². The minimum atomic E-state index is -0.154. The summed E-state index contributed by atoms with van der Waals surface area (Å²) in [5, 5.41) is 12.1. The Morgan fingerprint density at radius 3 is 3.17 bits per heavy atom. The quantitative estimate of drug-likeness (QED) is 0.829. The lowest BCUT2D eigenvalue weighted by Gasteiger charge is -2.08. The third kappa shape index (κ3) is 3.77. The highest BCUT2D eigenvalue weighted by Crippen LogP contribution is 2.25. The maximum Gasteiger partial charge on any atom is 0.261 e. The first kappa shape index (κ1) is 13.5. The Balaban J connectivity index is 1.86. The van der Waals surface area contributed by atoms with Crippen molar-refractivity contribution in [2.75, 3.05) is 18.9 Å². The summed E-state index contributed by atoms with van der Waals surface area (Å²) in [6.07, 6.45) is 2.45. The Kier molecular flexibility index (Phi) is 5.12. The van der Waals surface area contributed by atoms with Crippen LogP contribution in [0.25, 0.3) is 0 Å². The molecule has 0 aliphatic carbocycles. The first-order chi connectivity index (χ1) is 8.79. The molecule has 3 nitrogen and oxygen atoms in total. The van der Waals surface area contributed by atoms with E-state index < -0.39 is 0 Å². The van der Waals surface area contributed by atoms with Crippen LogP contribution in [0.2, 0.25) is 0 Å². The van der Waals surface area contributed by atoms with Gasteiger partial charge in [-0.1, -0.05) is 11.8 Å². The second-order valence-corrected chi connectivity index (χ2v) is 6.46. The van der Waals surface area contributed by atoms with Crippen LogP contribution in [0.1, 0.15) is 27.4 Å². The summed E-state index contributed by atoms with van der Waals surface area (Å²) < 4.78 is 0. The molecule has 2 N–H and O–H groups in total. The maximum absolute atomic E-state index is 11.9. The van der Waals surface area contributed by atoms with Gasteiger partial charge in [0.15, 0.2) is 0 Å². The Morgan fingerprint density at radius 1 is 1.56 bits per heavy atom. The average molecular weight is 281 g/mol. The monoisotopic (exact) mass is 281 g/mol. The second kappa shape index (κ2) is 6.83. The number of hydrogen-bond acceptors (Lipinski definition) is 4. The molecule has 1 aromatic rings. The van der Waals surface area contributed by atoms with E-state index in [1.54, 1.807) is 6.07 Å². The van der Waals surface area contributed by atoms with Crippen LogP contribution in [-0.4, -0.2) is 35.2 Å². The molecule has 18 heavy (non-hydrogen) atoms. The Hall–Kier alpha value is -0.960. The Bertz CT molecular complexity index is 467. The lowest BCUT2D eigenvalue weighted by molar-refractivity contribution is 0.0957. The van der Waals surface area contributed by atoms with Crippen LogP contribution in [-0.2, 0) is 0 Å². The van der Waals surface area contributed by atoms with Gasteiger partial charge >= 0.3 is 0 Å². The number of carbonyl (C=O) groups excluding carboxylic acids is 1. The lowest BCUT2D eigenvalue weighted by atomic mass is 10.2. The van der Waals surface area contributed by atoms with Gasteiger partial charge < -0.3 is 10.4 Å². The fourth-order valence-corrected chi connectivity index (χ4v) is 3.75. The standard InChI is InChI=1S/C13H15NO2S2/c15-7-1-3-10-5-6-12(18-10)13(16)14-9-11-4-2-8-17-11/h5-6,11,15H,2,4,7-9H2,(H,14,16). The highest BCUT2D eigenvalue weighted by molar-refractivity contribution is 8.00. The largest absolute Gasteiger partial charge is 0.384 e. The number of rotatable bonds is 3. The van der Waals surface area contributed by atoms with Gasteiger partial charge in [-0.2, -0.15) is 11.8 Å². The Morgan fingerprint density at radius 2 is 2.44 bits per heavy atom. The van der Waals surface area contributed by atoms with Gasteiger partial charge in [-0.05, 0) is 30.7 Å². The highest BCUT2D eigenvalue weighted by Gasteiger charge is 2.17. The van der Waals surface area contributed by atoms with E-state index in [1.165, 1.54) is 29.9 Å². The van der Waals surface area contributed by atoms with Gasteiger partial charge in [0.05, 0.1) is 9.75 Å². The van der Waals surface area contributed by atoms with E-state index in [2.05, 4.69) is 17.2 Å². The van der Waals surface area contributed by atoms with Gasteiger partial charge in [0, 0.05) is 11.8 Å². The van der Waals surface area contributed by atoms with Crippen molar-refractivity contribution in [1.82, 2.24) is 5.32 Å². The van der Waals surface area contributed by atoms with Crippen LogP contribution in [0.15, 0.2) is 12.1 Å². The van der Waals surface area contributed by atoms with Crippen molar-refractivity contribution in [2.45, 2.75) is 18.1 Å². The second-order valence-electron chi connectivity index (χ2n) is 3.97. The number of aliphatic hydroxyl groups is 1. The molecule has 0 saturated carbocycles. The van der Waals surface area contributed by atoms with Crippen molar-refractivity contribution < 1.29 is 9.90 Å². The molecule has 1 atom stereocenters. The van der Waals surface area contributed by atoms with Crippen molar-refractivity contribution in [2.24, 2.45) is 0 Å². The fourth-order valence-electron chi connectivity index (χ4n) is 1.75. The molecule has 0 aromatic carbocycles. The van der Waals surface area contributed by atoms with E-state index in [4.69, 9.17) is 5.11 Å². The molecule has 1 aliphatic rings. The number of hydrogen-bond donors (Lipinski definition) is 2. The number of carbonyl (C=O) groups is 1. The predicted molar refractivity (Wildman–Crippen MR) is 76.1 cm³/mol. The van der Waals surface area contributed by atoms with Crippen LogP contribution < -0.4 is 5.32 Å². The molecule has 1 unspecified atom stereocenters. The van der Waals surface area contributed by atoms with Gasteiger partial charge in [-0.15, -0.1) is 11.3 Å². The number of thioether (sulfide) groups is 1. The Labute approximate surface area is 115 Å². The van der Waals surface area contributed by atoms with Gasteiger partial charge in [0.25, 0.3) is 5.91 Å². The van der Waals surface area contributed by atoms with E-state index in [-0.39, 0.29) is 12.5 Å². The number of aliphatic hydroxyl groups excluding tert-OH is 1. The summed E-state index contributed by atoms with van der Waals surface area (Å²) in [4.78, 5) is 13.4. The zero-order chi connectivity index (χ0) is 12.8. The molecule has 1 amide bonds. The van der Waals surface area contributed by atoms with Crippen molar-refractivity contribution in [3.63, 3.8) is 0 Å². The van der Waals surface area contributed by atoms with Crippen LogP contribution in [0.3, 0.4) is 0 Å². The van der Waals surface area contributed by atoms with Gasteiger partial charge in [0.2, 0.25) is 0 Å². The molecule has 0 spiro atoms. The summed E-state index contributed by atoms with van der Waals surface area (Å²) in [5.41, 5.74) is 0. The summed E-state index contributed by atoms with van der Waals surface area (Å²) in [5.74, 6) is 6.56. The van der Waals surface area contributed by atoms with Gasteiger partial charge in [-0.25, -0.2) is 0 Å². The van der Waals surface area contributed by atoms with Gasteiger partial charge in [0.1, 0.15) is 6.61 Å². The molecule has 96 valence electrons. The fraction of sp³-hybridized carbons (Fsp3) is 0.462. The van der Waals surface area contributed by atoms with Crippen molar-refractivity contribution in [3.05, 3.63) is 21.9 Å². The van der Waals surface area contributed by atoms with Crippen molar-refractivity contribution in [3.8, 4) is 11.8 Å². The summed E-state index contributed by atoms with van der Waals surface area (Å²) in [6, 6.07) is 3.59. The molecule has 5 heteroatoms. The maximum atomic E-state index is 11.9. The molecule has 1 aliphatic heterocycles. The number of thiophene rings is 1. The molecule has 0 radical (unpaired) electrons. The molecular formula is C13H15NO2S2. The SMILES string of the molecule is O=C(NCC1CCCS1)c1ccc(C#CCO)s1. The number of nitrogens with one attached hydrogen (secondary N) is 1. The zero-order valence-electron chi connectivity index (χ0n) is 9.94. The minimum absolute atomic E-state index is 0.0236. The highest BCUT2D eigenvalue weighted by atomic mass is 32.2. The molecule has 2 rings (SSSR count). The summed E-state index contributed by atoms with van der Waals surface area (Å²) in [7, 11) is 0. The van der Waals surface area contributed by atoms with E-state index in [1.807, 2.05) is 17.8 Å². The molecule has 0 bridgehead atoms. The van der Waals surface area contributed by atoms with Crippen molar-refractivity contribution in [1.29, 1.82) is 0 Å². The molecule has 1 aromatic heterocycles. The minimum Gasteiger partial charge on any atom is -0.384 e. The van der Waals surface area contributed by atoms with E-state index >= 15 is 0 Å². The van der Waals surface area contributed by atoms with Crippen LogP contribution in [0.4, 0.5) is 0 Å². The van der Waals surface area contributed by atoms with Gasteiger partial charge in [-0.3, -0.25) is 4.79 Å². The van der Waals surface area contributed by atoms with E-state index in [0.29, 0.717) is 10.1 Å². The molecule has 1 saturated heterocycles. The third-order valence-electron chi connectivity index (χ3n) is 2.63. The summed E-state index contributed by atoms with van der Waals surface area (Å²) in [6.45, 7) is 0.595. The predicted octanol–water partition coefficient (Wildman–Crippen LogP) is 1.72. The smallest absolute Gasteiger partial charge is 0.261 e. The average Bonchev–Trinajstić information content (AvgIpc) is 3.04. The first-order valence-electron chi connectivity index (χ1n) is 5.89. The van der Waals surface area contributed by atoms with Crippen LogP contribution in [0.5, 0.6) is 0 Å². The molecule has 2 heterocycles. The summed E-state index contributed by atoms with van der Waals surface area (Å²) >= 11 is 3.29. The first-order valence-corrected chi connectivity index (χ1v) is 7.75. The zero-order valence-corrected chi connectivity index (χ0v) is 11.6. The molecule has 1 fully saturated rings. The lowest BCUT2D eigenvalue weighted by Crippen LogP contribution is -2.29.